The van der Waals surface area contributed by atoms with E-state index in [9.17, 15) is 9.59 Å². The Morgan fingerprint density at radius 1 is 0.821 bits per heavy atom. The fraction of sp³-hybridized carbons (Fsp3) is 0.913. The molecule has 5 heteroatoms. The third-order valence-corrected chi connectivity index (χ3v) is 7.61. The van der Waals surface area contributed by atoms with Crippen molar-refractivity contribution in [3.63, 3.8) is 0 Å². The second-order valence-electron chi connectivity index (χ2n) is 9.75. The zero-order valence-corrected chi connectivity index (χ0v) is 17.5. The first-order valence-electron chi connectivity index (χ1n) is 12.0. The van der Waals surface area contributed by atoms with Crippen molar-refractivity contribution >= 4 is 11.8 Å². The fourth-order valence-corrected chi connectivity index (χ4v) is 5.64. The number of amides is 2. The number of rotatable bonds is 7. The van der Waals surface area contributed by atoms with E-state index in [4.69, 9.17) is 0 Å². The molecule has 2 aliphatic carbocycles. The van der Waals surface area contributed by atoms with E-state index < -0.39 is 0 Å². The summed E-state index contributed by atoms with van der Waals surface area (Å²) in [5.41, 5.74) is 0. The largest absolute Gasteiger partial charge is 0.356 e. The molecule has 0 unspecified atom stereocenters. The van der Waals surface area contributed by atoms with Crippen LogP contribution >= 0.6 is 0 Å². The molecule has 0 aromatic rings. The summed E-state index contributed by atoms with van der Waals surface area (Å²) < 4.78 is 0. The molecule has 0 bridgehead atoms. The van der Waals surface area contributed by atoms with Crippen LogP contribution in [0, 0.1) is 17.8 Å². The van der Waals surface area contributed by atoms with Gasteiger partial charge >= 0.3 is 0 Å². The fourth-order valence-electron chi connectivity index (χ4n) is 5.64. The Balaban J connectivity index is 1.15. The Hall–Kier alpha value is -1.10. The van der Waals surface area contributed by atoms with Crippen LogP contribution in [-0.2, 0) is 9.59 Å². The molecule has 158 valence electrons. The molecule has 4 fully saturated rings. The lowest BCUT2D eigenvalue weighted by Gasteiger charge is -2.42. The third kappa shape index (κ3) is 5.28. The van der Waals surface area contributed by atoms with Gasteiger partial charge in [-0.05, 0) is 63.8 Å². The van der Waals surface area contributed by atoms with Gasteiger partial charge in [0.1, 0.15) is 0 Å². The van der Waals surface area contributed by atoms with Gasteiger partial charge in [0.15, 0.2) is 0 Å². The summed E-state index contributed by atoms with van der Waals surface area (Å²) in [6.45, 7) is 4.71. The van der Waals surface area contributed by atoms with Crippen LogP contribution in [0.5, 0.6) is 0 Å². The highest BCUT2D eigenvalue weighted by molar-refractivity contribution is 5.81. The van der Waals surface area contributed by atoms with Gasteiger partial charge in [-0.2, -0.15) is 0 Å². The molecule has 2 saturated heterocycles. The van der Waals surface area contributed by atoms with Crippen molar-refractivity contribution in [1.29, 1.82) is 0 Å². The Kier molecular flexibility index (Phi) is 6.92. The monoisotopic (exact) mass is 389 g/mol. The summed E-state index contributed by atoms with van der Waals surface area (Å²) in [6, 6.07) is 0.557. The molecule has 0 aromatic carbocycles. The molecular weight excluding hydrogens is 350 g/mol. The lowest BCUT2D eigenvalue weighted by Crippen LogP contribution is -2.51. The lowest BCUT2D eigenvalue weighted by molar-refractivity contribution is -0.134. The predicted molar refractivity (Wildman–Crippen MR) is 111 cm³/mol. The van der Waals surface area contributed by atoms with Crippen molar-refractivity contribution in [3.05, 3.63) is 0 Å². The Bertz CT molecular complexity index is 534. The van der Waals surface area contributed by atoms with Crippen LogP contribution in [0.4, 0.5) is 0 Å². The van der Waals surface area contributed by atoms with Crippen LogP contribution in [0.3, 0.4) is 0 Å². The minimum atomic E-state index is 0.159. The second-order valence-corrected chi connectivity index (χ2v) is 9.75. The van der Waals surface area contributed by atoms with Gasteiger partial charge in [0.25, 0.3) is 0 Å². The highest BCUT2D eigenvalue weighted by Gasteiger charge is 2.37. The average Bonchev–Trinajstić information content (AvgIpc) is 3.46. The Labute approximate surface area is 170 Å². The first kappa shape index (κ1) is 20.2. The van der Waals surface area contributed by atoms with E-state index in [2.05, 4.69) is 15.1 Å². The minimum Gasteiger partial charge on any atom is -0.356 e. The molecule has 4 rings (SSSR count). The van der Waals surface area contributed by atoms with Crippen LogP contribution < -0.4 is 5.32 Å². The van der Waals surface area contributed by atoms with Crippen LogP contribution in [0.25, 0.3) is 0 Å². The molecule has 2 aliphatic heterocycles. The molecule has 2 heterocycles. The Morgan fingerprint density at radius 3 is 2.29 bits per heavy atom. The first-order chi connectivity index (χ1) is 13.7. The third-order valence-electron chi connectivity index (χ3n) is 7.61. The van der Waals surface area contributed by atoms with Gasteiger partial charge in [-0.1, -0.05) is 25.7 Å². The summed E-state index contributed by atoms with van der Waals surface area (Å²) in [7, 11) is 0. The minimum absolute atomic E-state index is 0.159. The predicted octanol–water partition coefficient (Wildman–Crippen LogP) is 3.19. The first-order valence-corrected chi connectivity index (χ1v) is 12.0. The molecule has 0 radical (unpaired) electrons. The van der Waals surface area contributed by atoms with Gasteiger partial charge in [0.2, 0.25) is 11.8 Å². The Morgan fingerprint density at radius 2 is 1.57 bits per heavy atom. The average molecular weight is 390 g/mol. The molecule has 2 amide bonds. The van der Waals surface area contributed by atoms with Gasteiger partial charge in [-0.15, -0.1) is 0 Å². The van der Waals surface area contributed by atoms with Crippen molar-refractivity contribution in [2.45, 2.75) is 83.1 Å². The molecule has 0 aromatic heterocycles. The molecule has 2 saturated carbocycles. The molecule has 0 spiro atoms. The summed E-state index contributed by atoms with van der Waals surface area (Å²) in [5, 5.41) is 3.22. The SMILES string of the molecule is O=C(NCCCC1CCCC1)[C@H]1CCCN(C2CCN(C(=O)C3CC3)CC2)C1. The van der Waals surface area contributed by atoms with Gasteiger partial charge in [-0.25, -0.2) is 0 Å². The quantitative estimate of drug-likeness (QED) is 0.681. The maximum atomic E-state index is 12.7. The van der Waals surface area contributed by atoms with Gasteiger partial charge in [-0.3, -0.25) is 14.5 Å². The van der Waals surface area contributed by atoms with Crippen molar-refractivity contribution in [1.82, 2.24) is 15.1 Å². The van der Waals surface area contributed by atoms with Crippen LogP contribution in [0.2, 0.25) is 0 Å². The van der Waals surface area contributed by atoms with Crippen LogP contribution in [0.1, 0.15) is 77.0 Å². The maximum absolute atomic E-state index is 12.7. The van der Waals surface area contributed by atoms with Gasteiger partial charge < -0.3 is 10.2 Å². The topological polar surface area (TPSA) is 52.7 Å². The maximum Gasteiger partial charge on any atom is 0.225 e. The molecule has 5 nitrogen and oxygen atoms in total. The van der Waals surface area contributed by atoms with E-state index in [-0.39, 0.29) is 11.8 Å². The number of likely N-dealkylation sites (tertiary alicyclic amines) is 2. The highest BCUT2D eigenvalue weighted by Crippen LogP contribution is 2.33. The number of hydrogen-bond acceptors (Lipinski definition) is 3. The van der Waals surface area contributed by atoms with E-state index in [0.717, 1.165) is 83.6 Å². The highest BCUT2D eigenvalue weighted by atomic mass is 16.2. The molecule has 1 N–H and O–H groups in total. The molecule has 28 heavy (non-hydrogen) atoms. The van der Waals surface area contributed by atoms with Crippen LogP contribution in [0.15, 0.2) is 0 Å². The second kappa shape index (κ2) is 9.60. The summed E-state index contributed by atoms with van der Waals surface area (Å²) >= 11 is 0. The summed E-state index contributed by atoms with van der Waals surface area (Å²) in [4.78, 5) is 29.5. The number of nitrogens with zero attached hydrogens (tertiary/aromatic N) is 2. The smallest absolute Gasteiger partial charge is 0.225 e. The van der Waals surface area contributed by atoms with Gasteiger partial charge in [0, 0.05) is 38.1 Å². The van der Waals surface area contributed by atoms with Crippen LogP contribution in [-0.4, -0.2) is 60.4 Å². The zero-order valence-electron chi connectivity index (χ0n) is 17.5. The van der Waals surface area contributed by atoms with E-state index in [1.54, 1.807) is 0 Å². The van der Waals surface area contributed by atoms with E-state index in [1.807, 2.05) is 0 Å². The number of carbonyl (C=O) groups excluding carboxylic acids is 2. The molecule has 1 atom stereocenters. The standard InChI is InChI=1S/C23H39N3O2/c27-22(24-13-3-7-18-5-1-2-6-18)20-8-4-14-26(17-20)21-11-15-25(16-12-21)23(28)19-9-10-19/h18-21H,1-17H2,(H,24,27)/t20-/m0/s1. The molecule has 4 aliphatic rings. The van der Waals surface area contributed by atoms with Crippen molar-refractivity contribution in [3.8, 4) is 0 Å². The number of piperidine rings is 2. The zero-order chi connectivity index (χ0) is 19.3. The number of hydrogen-bond donors (Lipinski definition) is 1. The van der Waals surface area contributed by atoms with E-state index >= 15 is 0 Å². The summed E-state index contributed by atoms with van der Waals surface area (Å²) in [5.74, 6) is 2.09. The lowest BCUT2D eigenvalue weighted by atomic mass is 9.93. The van der Waals surface area contributed by atoms with E-state index in [0.29, 0.717) is 17.9 Å². The van der Waals surface area contributed by atoms with Crippen molar-refractivity contribution in [2.24, 2.45) is 17.8 Å². The van der Waals surface area contributed by atoms with Gasteiger partial charge in [0.05, 0.1) is 5.92 Å². The molecular formula is C23H39N3O2. The summed E-state index contributed by atoms with van der Waals surface area (Å²) in [6.07, 6.45) is 14.5. The normalized spacial score (nSPS) is 27.9. The number of nitrogens with one attached hydrogen (secondary N) is 1. The van der Waals surface area contributed by atoms with E-state index in [1.165, 1.54) is 32.1 Å². The number of carbonyl (C=O) groups is 2. The van der Waals surface area contributed by atoms with Crippen molar-refractivity contribution < 1.29 is 9.59 Å². The van der Waals surface area contributed by atoms with Crippen molar-refractivity contribution in [2.75, 3.05) is 32.7 Å².